The molecule has 1 fully saturated rings. The topological polar surface area (TPSA) is 29.3 Å². The van der Waals surface area contributed by atoms with Crippen LogP contribution in [0.1, 0.15) is 29.7 Å². The van der Waals surface area contributed by atoms with Crippen LogP contribution in [0.25, 0.3) is 0 Å². The summed E-state index contributed by atoms with van der Waals surface area (Å²) in [6.45, 7) is 8.53. The van der Waals surface area contributed by atoms with Crippen molar-refractivity contribution >= 4 is 11.8 Å². The van der Waals surface area contributed by atoms with E-state index in [0.29, 0.717) is 18.6 Å². The summed E-state index contributed by atoms with van der Waals surface area (Å²) in [7, 11) is 0. The molecule has 2 nitrogen and oxygen atoms in total. The number of hydrogen-bond donors (Lipinski definition) is 1. The van der Waals surface area contributed by atoms with Gasteiger partial charge in [0.15, 0.2) is 0 Å². The Balaban J connectivity index is 2.29. The van der Waals surface area contributed by atoms with Crippen molar-refractivity contribution in [1.82, 2.24) is 4.90 Å². The Hall–Kier alpha value is -0.510. The number of nitrogens with zero attached hydrogens (tertiary/aromatic N) is 1. The standard InChI is InChI=1S/C15H24N2S/c1-11-4-5-12(2)14(8-11)15(9-16)17-6-7-18-10-13(17)3/h4-5,8,13,15H,6-7,9-10,16H2,1-3H3. The number of thioether (sulfide) groups is 1. The van der Waals surface area contributed by atoms with Crippen LogP contribution >= 0.6 is 11.8 Å². The molecule has 2 rings (SSSR count). The number of nitrogens with two attached hydrogens (primary N) is 1. The first-order valence-corrected chi connectivity index (χ1v) is 7.89. The molecule has 1 heterocycles. The van der Waals surface area contributed by atoms with Gasteiger partial charge in [0, 0.05) is 36.7 Å². The van der Waals surface area contributed by atoms with Crippen LogP contribution in [0, 0.1) is 13.8 Å². The summed E-state index contributed by atoms with van der Waals surface area (Å²) in [5, 5.41) is 0. The van der Waals surface area contributed by atoms with Gasteiger partial charge in [0.25, 0.3) is 0 Å². The van der Waals surface area contributed by atoms with Gasteiger partial charge in [-0.1, -0.05) is 23.8 Å². The SMILES string of the molecule is Cc1ccc(C)c(C(CN)N2CCSCC2C)c1. The van der Waals surface area contributed by atoms with Crippen molar-refractivity contribution in [3.8, 4) is 0 Å². The van der Waals surface area contributed by atoms with E-state index in [1.807, 2.05) is 0 Å². The molecule has 0 spiro atoms. The Labute approximate surface area is 115 Å². The van der Waals surface area contributed by atoms with Gasteiger partial charge in [0.2, 0.25) is 0 Å². The largest absolute Gasteiger partial charge is 0.329 e. The highest BCUT2D eigenvalue weighted by Gasteiger charge is 2.27. The maximum Gasteiger partial charge on any atom is 0.0476 e. The summed E-state index contributed by atoms with van der Waals surface area (Å²) < 4.78 is 0. The van der Waals surface area contributed by atoms with Crippen LogP contribution in [0.2, 0.25) is 0 Å². The molecule has 0 bridgehead atoms. The van der Waals surface area contributed by atoms with Crippen molar-refractivity contribution in [3.63, 3.8) is 0 Å². The molecular formula is C15H24N2S. The zero-order valence-electron chi connectivity index (χ0n) is 11.6. The van der Waals surface area contributed by atoms with Gasteiger partial charge < -0.3 is 5.73 Å². The summed E-state index contributed by atoms with van der Waals surface area (Å²) in [5.41, 5.74) is 10.2. The monoisotopic (exact) mass is 264 g/mol. The second-order valence-electron chi connectivity index (χ2n) is 5.27. The van der Waals surface area contributed by atoms with E-state index in [2.05, 4.69) is 55.6 Å². The van der Waals surface area contributed by atoms with Gasteiger partial charge in [-0.05, 0) is 31.9 Å². The fraction of sp³-hybridized carbons (Fsp3) is 0.600. The van der Waals surface area contributed by atoms with E-state index in [0.717, 1.165) is 6.54 Å². The maximum absolute atomic E-state index is 6.07. The Morgan fingerprint density at radius 2 is 2.22 bits per heavy atom. The van der Waals surface area contributed by atoms with Gasteiger partial charge in [-0.2, -0.15) is 11.8 Å². The molecular weight excluding hydrogens is 240 g/mol. The van der Waals surface area contributed by atoms with Gasteiger partial charge in [0.1, 0.15) is 0 Å². The van der Waals surface area contributed by atoms with Crippen molar-refractivity contribution < 1.29 is 0 Å². The van der Waals surface area contributed by atoms with E-state index in [-0.39, 0.29) is 0 Å². The second kappa shape index (κ2) is 6.09. The van der Waals surface area contributed by atoms with Crippen molar-refractivity contribution in [1.29, 1.82) is 0 Å². The molecule has 1 aromatic rings. The van der Waals surface area contributed by atoms with Crippen LogP contribution < -0.4 is 5.73 Å². The van der Waals surface area contributed by atoms with Crippen LogP contribution in [0.5, 0.6) is 0 Å². The van der Waals surface area contributed by atoms with Crippen molar-refractivity contribution in [2.24, 2.45) is 5.73 Å². The zero-order chi connectivity index (χ0) is 13.1. The summed E-state index contributed by atoms with van der Waals surface area (Å²) in [6.07, 6.45) is 0. The van der Waals surface area contributed by atoms with Crippen LogP contribution in [0.3, 0.4) is 0 Å². The molecule has 100 valence electrons. The number of rotatable bonds is 3. The Morgan fingerprint density at radius 1 is 1.44 bits per heavy atom. The Morgan fingerprint density at radius 3 is 2.89 bits per heavy atom. The molecule has 2 N–H and O–H groups in total. The lowest BCUT2D eigenvalue weighted by Gasteiger charge is -2.39. The second-order valence-corrected chi connectivity index (χ2v) is 6.42. The molecule has 0 amide bonds. The average Bonchev–Trinajstić information content (AvgIpc) is 2.36. The van der Waals surface area contributed by atoms with E-state index in [1.165, 1.54) is 28.2 Å². The lowest BCUT2D eigenvalue weighted by Crippen LogP contribution is -2.45. The highest BCUT2D eigenvalue weighted by molar-refractivity contribution is 7.99. The summed E-state index contributed by atoms with van der Waals surface area (Å²) in [4.78, 5) is 2.58. The summed E-state index contributed by atoms with van der Waals surface area (Å²) in [5.74, 6) is 2.45. The molecule has 0 aromatic heterocycles. The van der Waals surface area contributed by atoms with Crippen LogP contribution in [0.4, 0.5) is 0 Å². The molecule has 0 radical (unpaired) electrons. The fourth-order valence-corrected chi connectivity index (χ4v) is 3.80. The highest BCUT2D eigenvalue weighted by atomic mass is 32.2. The van der Waals surface area contributed by atoms with E-state index in [1.54, 1.807) is 0 Å². The molecule has 1 saturated heterocycles. The Bertz CT molecular complexity index is 405. The lowest BCUT2D eigenvalue weighted by atomic mass is 9.97. The minimum Gasteiger partial charge on any atom is -0.329 e. The minimum atomic E-state index is 0.376. The molecule has 0 saturated carbocycles. The van der Waals surface area contributed by atoms with E-state index in [4.69, 9.17) is 5.73 Å². The van der Waals surface area contributed by atoms with Crippen LogP contribution in [0.15, 0.2) is 18.2 Å². The molecule has 1 aliphatic heterocycles. The molecule has 0 aliphatic carbocycles. The van der Waals surface area contributed by atoms with E-state index >= 15 is 0 Å². The lowest BCUT2D eigenvalue weighted by molar-refractivity contribution is 0.165. The third-order valence-corrected chi connectivity index (χ3v) is 5.03. The van der Waals surface area contributed by atoms with Gasteiger partial charge in [0.05, 0.1) is 0 Å². The smallest absolute Gasteiger partial charge is 0.0476 e. The number of benzene rings is 1. The minimum absolute atomic E-state index is 0.376. The normalized spacial score (nSPS) is 23.0. The van der Waals surface area contributed by atoms with Gasteiger partial charge in [-0.15, -0.1) is 0 Å². The third-order valence-electron chi connectivity index (χ3n) is 3.84. The fourth-order valence-electron chi connectivity index (χ4n) is 2.76. The maximum atomic E-state index is 6.07. The van der Waals surface area contributed by atoms with Gasteiger partial charge >= 0.3 is 0 Å². The average molecular weight is 264 g/mol. The highest BCUT2D eigenvalue weighted by Crippen LogP contribution is 2.29. The van der Waals surface area contributed by atoms with Crippen molar-refractivity contribution in [3.05, 3.63) is 34.9 Å². The van der Waals surface area contributed by atoms with E-state index < -0.39 is 0 Å². The predicted octanol–water partition coefficient (Wildman–Crippen LogP) is 2.74. The van der Waals surface area contributed by atoms with Crippen molar-refractivity contribution in [2.75, 3.05) is 24.6 Å². The molecule has 18 heavy (non-hydrogen) atoms. The molecule has 1 aliphatic rings. The first-order valence-electron chi connectivity index (χ1n) is 6.74. The Kier molecular flexibility index (Phi) is 4.71. The number of aryl methyl sites for hydroxylation is 2. The molecule has 2 atom stereocenters. The third kappa shape index (κ3) is 2.90. The van der Waals surface area contributed by atoms with Crippen LogP contribution in [-0.4, -0.2) is 35.5 Å². The molecule has 2 unspecified atom stereocenters. The van der Waals surface area contributed by atoms with E-state index in [9.17, 15) is 0 Å². The first kappa shape index (κ1) is 13.9. The predicted molar refractivity (Wildman–Crippen MR) is 81.2 cm³/mol. The molecule has 3 heteroatoms. The van der Waals surface area contributed by atoms with Crippen LogP contribution in [-0.2, 0) is 0 Å². The van der Waals surface area contributed by atoms with Gasteiger partial charge in [-0.3, -0.25) is 4.90 Å². The van der Waals surface area contributed by atoms with Crippen molar-refractivity contribution in [2.45, 2.75) is 32.9 Å². The zero-order valence-corrected chi connectivity index (χ0v) is 12.5. The summed E-state index contributed by atoms with van der Waals surface area (Å²) in [6, 6.07) is 7.71. The quantitative estimate of drug-likeness (QED) is 0.910. The first-order chi connectivity index (χ1) is 8.63. The summed E-state index contributed by atoms with van der Waals surface area (Å²) >= 11 is 2.05. The van der Waals surface area contributed by atoms with Gasteiger partial charge in [-0.25, -0.2) is 0 Å². The number of hydrogen-bond acceptors (Lipinski definition) is 3. The molecule has 1 aromatic carbocycles.